The molecule has 0 amide bonds. The Morgan fingerprint density at radius 2 is 2.06 bits per heavy atom. The summed E-state index contributed by atoms with van der Waals surface area (Å²) in [6.45, 7) is 8.67. The first-order chi connectivity index (χ1) is 7.86. The Labute approximate surface area is 105 Å². The van der Waals surface area contributed by atoms with Crippen LogP contribution in [0, 0.1) is 11.2 Å². The average molecular weight is 252 g/mol. The van der Waals surface area contributed by atoms with Crippen LogP contribution >= 0.6 is 11.3 Å². The van der Waals surface area contributed by atoms with Crippen LogP contribution in [0.2, 0.25) is 0 Å². The fraction of sp³-hybridized carbons (Fsp3) is 0.462. The second kappa shape index (κ2) is 4.26. The molecule has 2 aromatic rings. The predicted octanol–water partition coefficient (Wildman–Crippen LogP) is 4.28. The molecule has 1 atom stereocenters. The number of halogens is 1. The van der Waals surface area contributed by atoms with Gasteiger partial charge in [-0.15, -0.1) is 0 Å². The third kappa shape index (κ3) is 2.75. The number of hydrogen-bond acceptors (Lipinski definition) is 3. The van der Waals surface area contributed by atoms with Gasteiger partial charge in [-0.05, 0) is 30.5 Å². The Balaban J connectivity index is 2.25. The number of nitrogens with one attached hydrogen (secondary N) is 1. The van der Waals surface area contributed by atoms with Crippen molar-refractivity contribution in [3.63, 3.8) is 0 Å². The van der Waals surface area contributed by atoms with Crippen molar-refractivity contribution < 1.29 is 4.39 Å². The topological polar surface area (TPSA) is 24.9 Å². The summed E-state index contributed by atoms with van der Waals surface area (Å²) in [5.41, 5.74) is 1.02. The van der Waals surface area contributed by atoms with Crippen LogP contribution in [-0.4, -0.2) is 11.0 Å². The van der Waals surface area contributed by atoms with Gasteiger partial charge in [-0.3, -0.25) is 0 Å². The Morgan fingerprint density at radius 3 is 2.71 bits per heavy atom. The summed E-state index contributed by atoms with van der Waals surface area (Å²) in [4.78, 5) is 4.45. The molecule has 4 heteroatoms. The highest BCUT2D eigenvalue weighted by molar-refractivity contribution is 7.22. The molecule has 0 aliphatic heterocycles. The maximum atomic E-state index is 13.1. The predicted molar refractivity (Wildman–Crippen MR) is 72.1 cm³/mol. The van der Waals surface area contributed by atoms with E-state index in [9.17, 15) is 4.39 Å². The van der Waals surface area contributed by atoms with E-state index in [1.54, 1.807) is 6.07 Å². The SMILES string of the molecule is CC(Nc1nc2ccc(F)cc2s1)C(C)(C)C. The van der Waals surface area contributed by atoms with Gasteiger partial charge in [0.25, 0.3) is 0 Å². The van der Waals surface area contributed by atoms with Crippen molar-refractivity contribution in [2.24, 2.45) is 5.41 Å². The molecule has 92 valence electrons. The smallest absolute Gasteiger partial charge is 0.184 e. The van der Waals surface area contributed by atoms with Crippen molar-refractivity contribution in [2.45, 2.75) is 33.7 Å². The van der Waals surface area contributed by atoms with Crippen LogP contribution in [0.15, 0.2) is 18.2 Å². The first-order valence-electron chi connectivity index (χ1n) is 5.69. The quantitative estimate of drug-likeness (QED) is 0.862. The lowest BCUT2D eigenvalue weighted by molar-refractivity contribution is 0.359. The molecule has 0 aliphatic rings. The van der Waals surface area contributed by atoms with Crippen molar-refractivity contribution in [3.05, 3.63) is 24.0 Å². The van der Waals surface area contributed by atoms with E-state index in [2.05, 4.69) is 38.0 Å². The van der Waals surface area contributed by atoms with Gasteiger partial charge in [-0.25, -0.2) is 9.37 Å². The molecule has 2 rings (SSSR count). The molecule has 0 fully saturated rings. The van der Waals surface area contributed by atoms with Crippen LogP contribution in [-0.2, 0) is 0 Å². The maximum Gasteiger partial charge on any atom is 0.184 e. The Hall–Kier alpha value is -1.16. The highest BCUT2D eigenvalue weighted by Crippen LogP contribution is 2.29. The Bertz CT molecular complexity index is 528. The molecule has 0 radical (unpaired) electrons. The van der Waals surface area contributed by atoms with E-state index in [-0.39, 0.29) is 11.2 Å². The van der Waals surface area contributed by atoms with E-state index < -0.39 is 0 Å². The van der Waals surface area contributed by atoms with Crippen molar-refractivity contribution in [2.75, 3.05) is 5.32 Å². The lowest BCUT2D eigenvalue weighted by Crippen LogP contribution is -2.30. The minimum atomic E-state index is -0.212. The number of aromatic nitrogens is 1. The fourth-order valence-electron chi connectivity index (χ4n) is 1.36. The number of hydrogen-bond donors (Lipinski definition) is 1. The summed E-state index contributed by atoms with van der Waals surface area (Å²) in [6.07, 6.45) is 0. The van der Waals surface area contributed by atoms with Crippen LogP contribution in [0.1, 0.15) is 27.7 Å². The molecule has 0 bridgehead atoms. The second-order valence-corrected chi connectivity index (χ2v) is 6.39. The third-order valence-electron chi connectivity index (χ3n) is 2.99. The van der Waals surface area contributed by atoms with Crippen molar-refractivity contribution in [3.8, 4) is 0 Å². The van der Waals surface area contributed by atoms with Gasteiger partial charge in [0.15, 0.2) is 5.13 Å². The number of rotatable bonds is 2. The summed E-state index contributed by atoms with van der Waals surface area (Å²) in [6, 6.07) is 5.00. The van der Waals surface area contributed by atoms with Crippen LogP contribution in [0.25, 0.3) is 10.2 Å². The van der Waals surface area contributed by atoms with E-state index in [0.29, 0.717) is 6.04 Å². The average Bonchev–Trinajstić information content (AvgIpc) is 2.57. The van der Waals surface area contributed by atoms with Crippen molar-refractivity contribution in [1.82, 2.24) is 4.98 Å². The molecule has 0 spiro atoms. The largest absolute Gasteiger partial charge is 0.359 e. The van der Waals surface area contributed by atoms with Gasteiger partial charge >= 0.3 is 0 Å². The molecule has 0 saturated carbocycles. The molecule has 17 heavy (non-hydrogen) atoms. The molecule has 1 N–H and O–H groups in total. The van der Waals surface area contributed by atoms with E-state index in [1.165, 1.54) is 23.5 Å². The van der Waals surface area contributed by atoms with Gasteiger partial charge in [-0.1, -0.05) is 32.1 Å². The minimum absolute atomic E-state index is 0.170. The van der Waals surface area contributed by atoms with Gasteiger partial charge < -0.3 is 5.32 Å². The number of nitrogens with zero attached hydrogens (tertiary/aromatic N) is 1. The van der Waals surface area contributed by atoms with Gasteiger partial charge in [0.2, 0.25) is 0 Å². The molecule has 1 aromatic carbocycles. The van der Waals surface area contributed by atoms with E-state index in [0.717, 1.165) is 15.3 Å². The molecular weight excluding hydrogens is 235 g/mol. The van der Waals surface area contributed by atoms with Crippen LogP contribution < -0.4 is 5.32 Å². The molecule has 2 nitrogen and oxygen atoms in total. The van der Waals surface area contributed by atoms with Crippen LogP contribution in [0.4, 0.5) is 9.52 Å². The molecular formula is C13H17FN2S. The van der Waals surface area contributed by atoms with Crippen LogP contribution in [0.3, 0.4) is 0 Å². The zero-order chi connectivity index (χ0) is 12.6. The highest BCUT2D eigenvalue weighted by atomic mass is 32.1. The van der Waals surface area contributed by atoms with Crippen molar-refractivity contribution >= 4 is 26.7 Å². The third-order valence-corrected chi connectivity index (χ3v) is 3.94. The number of anilines is 1. The maximum absolute atomic E-state index is 13.1. The standard InChI is InChI=1S/C13H17FN2S/c1-8(13(2,3)4)15-12-16-10-6-5-9(14)7-11(10)17-12/h5-8H,1-4H3,(H,15,16). The summed E-state index contributed by atoms with van der Waals surface area (Å²) >= 11 is 1.49. The minimum Gasteiger partial charge on any atom is -0.359 e. The zero-order valence-electron chi connectivity index (χ0n) is 10.5. The molecule has 0 saturated heterocycles. The summed E-state index contributed by atoms with van der Waals surface area (Å²) in [7, 11) is 0. The zero-order valence-corrected chi connectivity index (χ0v) is 11.4. The summed E-state index contributed by atoms with van der Waals surface area (Å²) in [5.74, 6) is -0.212. The lowest BCUT2D eigenvalue weighted by atomic mass is 9.88. The van der Waals surface area contributed by atoms with E-state index in [4.69, 9.17) is 0 Å². The summed E-state index contributed by atoms with van der Waals surface area (Å²) in [5, 5.41) is 4.23. The fourth-order valence-corrected chi connectivity index (χ4v) is 2.34. The van der Waals surface area contributed by atoms with Gasteiger partial charge in [0.05, 0.1) is 10.2 Å². The van der Waals surface area contributed by atoms with E-state index >= 15 is 0 Å². The second-order valence-electron chi connectivity index (χ2n) is 5.36. The van der Waals surface area contributed by atoms with Gasteiger partial charge in [0.1, 0.15) is 5.82 Å². The Kier molecular flexibility index (Phi) is 3.08. The number of benzene rings is 1. The first-order valence-corrected chi connectivity index (χ1v) is 6.50. The normalized spacial score (nSPS) is 13.9. The van der Waals surface area contributed by atoms with Crippen molar-refractivity contribution in [1.29, 1.82) is 0 Å². The highest BCUT2D eigenvalue weighted by Gasteiger charge is 2.20. The van der Waals surface area contributed by atoms with E-state index in [1.807, 2.05) is 0 Å². The number of thiazole rings is 1. The monoisotopic (exact) mass is 252 g/mol. The van der Waals surface area contributed by atoms with Gasteiger partial charge in [-0.2, -0.15) is 0 Å². The van der Waals surface area contributed by atoms with Gasteiger partial charge in [0, 0.05) is 6.04 Å². The molecule has 1 unspecified atom stereocenters. The molecule has 1 heterocycles. The summed E-state index contributed by atoms with van der Waals surface area (Å²) < 4.78 is 13.9. The molecule has 1 aromatic heterocycles. The number of fused-ring (bicyclic) bond motifs is 1. The first kappa shape index (κ1) is 12.3. The molecule has 0 aliphatic carbocycles. The lowest BCUT2D eigenvalue weighted by Gasteiger charge is -2.27. The van der Waals surface area contributed by atoms with Crippen LogP contribution in [0.5, 0.6) is 0 Å². The Morgan fingerprint density at radius 1 is 1.35 bits per heavy atom.